The first-order valence-corrected chi connectivity index (χ1v) is 4.53. The summed E-state index contributed by atoms with van der Waals surface area (Å²) >= 11 is 0. The summed E-state index contributed by atoms with van der Waals surface area (Å²) in [6.07, 6.45) is -0.500. The molecule has 0 aliphatic carbocycles. The van der Waals surface area contributed by atoms with E-state index >= 15 is 0 Å². The van der Waals surface area contributed by atoms with Crippen molar-refractivity contribution in [1.29, 1.82) is 0 Å². The fourth-order valence-corrected chi connectivity index (χ4v) is 1.59. The van der Waals surface area contributed by atoms with Crippen LogP contribution in [0.1, 0.15) is 29.7 Å². The molecule has 0 radical (unpaired) electrons. The standard InChI is InChI=1S/C11H17NO/c1-7-5-4-6-8(2)10(7)11(12)9(3)13/h4-6,9,11,13H,12H2,1-3H3/t9-,11+/m0/s1. The SMILES string of the molecule is Cc1cccc(C)c1[C@H](N)[C@H](C)O. The van der Waals surface area contributed by atoms with E-state index < -0.39 is 6.10 Å². The predicted molar refractivity (Wildman–Crippen MR) is 54.5 cm³/mol. The normalized spacial score (nSPS) is 15.5. The van der Waals surface area contributed by atoms with Gasteiger partial charge in [0.05, 0.1) is 12.1 Å². The van der Waals surface area contributed by atoms with Crippen LogP contribution in [0.4, 0.5) is 0 Å². The molecule has 2 atom stereocenters. The maximum absolute atomic E-state index is 9.40. The van der Waals surface area contributed by atoms with Crippen LogP contribution in [0.2, 0.25) is 0 Å². The van der Waals surface area contributed by atoms with Crippen molar-refractivity contribution in [2.45, 2.75) is 32.9 Å². The smallest absolute Gasteiger partial charge is 0.0704 e. The molecule has 13 heavy (non-hydrogen) atoms. The molecule has 0 saturated heterocycles. The van der Waals surface area contributed by atoms with Gasteiger partial charge in [-0.3, -0.25) is 0 Å². The highest BCUT2D eigenvalue weighted by molar-refractivity contribution is 5.36. The number of nitrogens with two attached hydrogens (primary N) is 1. The molecule has 0 amide bonds. The van der Waals surface area contributed by atoms with Gasteiger partial charge >= 0.3 is 0 Å². The van der Waals surface area contributed by atoms with Gasteiger partial charge in [0.25, 0.3) is 0 Å². The van der Waals surface area contributed by atoms with E-state index in [2.05, 4.69) is 0 Å². The van der Waals surface area contributed by atoms with Gasteiger partial charge in [0.1, 0.15) is 0 Å². The average molecular weight is 179 g/mol. The van der Waals surface area contributed by atoms with Gasteiger partial charge in [-0.2, -0.15) is 0 Å². The van der Waals surface area contributed by atoms with E-state index in [1.54, 1.807) is 6.92 Å². The highest BCUT2D eigenvalue weighted by Gasteiger charge is 2.15. The summed E-state index contributed by atoms with van der Waals surface area (Å²) in [5.74, 6) is 0. The Morgan fingerprint density at radius 3 is 2.08 bits per heavy atom. The monoisotopic (exact) mass is 179 g/mol. The number of benzene rings is 1. The molecule has 1 aromatic rings. The maximum Gasteiger partial charge on any atom is 0.0704 e. The van der Waals surface area contributed by atoms with Crippen LogP contribution in [0.15, 0.2) is 18.2 Å². The van der Waals surface area contributed by atoms with Crippen LogP contribution in [0.25, 0.3) is 0 Å². The Morgan fingerprint density at radius 2 is 1.69 bits per heavy atom. The Morgan fingerprint density at radius 1 is 1.23 bits per heavy atom. The summed E-state index contributed by atoms with van der Waals surface area (Å²) in [5.41, 5.74) is 9.25. The number of aliphatic hydroxyl groups excluding tert-OH is 1. The van der Waals surface area contributed by atoms with Crippen molar-refractivity contribution in [2.24, 2.45) is 5.73 Å². The van der Waals surface area contributed by atoms with E-state index in [0.717, 1.165) is 16.7 Å². The Kier molecular flexibility index (Phi) is 3.07. The van der Waals surface area contributed by atoms with Crippen molar-refractivity contribution in [3.05, 3.63) is 34.9 Å². The Labute approximate surface area is 79.4 Å². The van der Waals surface area contributed by atoms with Gasteiger partial charge in [-0.1, -0.05) is 18.2 Å². The molecule has 72 valence electrons. The van der Waals surface area contributed by atoms with Gasteiger partial charge in [-0.25, -0.2) is 0 Å². The number of hydrogen-bond donors (Lipinski definition) is 2. The summed E-state index contributed by atoms with van der Waals surface area (Å²) in [6.45, 7) is 5.76. The Bertz CT molecular complexity index is 274. The van der Waals surface area contributed by atoms with Crippen molar-refractivity contribution in [1.82, 2.24) is 0 Å². The quantitative estimate of drug-likeness (QED) is 0.725. The lowest BCUT2D eigenvalue weighted by Gasteiger charge is -2.19. The van der Waals surface area contributed by atoms with Crippen molar-refractivity contribution < 1.29 is 5.11 Å². The molecule has 0 spiro atoms. The fraction of sp³-hybridized carbons (Fsp3) is 0.455. The third-order valence-corrected chi connectivity index (χ3v) is 2.40. The van der Waals surface area contributed by atoms with Gasteiger partial charge in [0.15, 0.2) is 0 Å². The molecule has 1 aromatic carbocycles. The highest BCUT2D eigenvalue weighted by Crippen LogP contribution is 2.22. The molecular formula is C11H17NO. The summed E-state index contributed by atoms with van der Waals surface area (Å²) in [5, 5.41) is 9.40. The topological polar surface area (TPSA) is 46.2 Å². The minimum absolute atomic E-state index is 0.277. The van der Waals surface area contributed by atoms with Gasteiger partial charge in [-0.15, -0.1) is 0 Å². The summed E-state index contributed by atoms with van der Waals surface area (Å²) < 4.78 is 0. The maximum atomic E-state index is 9.40. The number of hydrogen-bond acceptors (Lipinski definition) is 2. The van der Waals surface area contributed by atoms with E-state index in [4.69, 9.17) is 5.73 Å². The minimum atomic E-state index is -0.500. The van der Waals surface area contributed by atoms with Crippen LogP contribution in [-0.2, 0) is 0 Å². The van der Waals surface area contributed by atoms with E-state index in [9.17, 15) is 5.11 Å². The molecule has 0 aliphatic heterocycles. The molecule has 0 unspecified atom stereocenters. The predicted octanol–water partition coefficient (Wildman–Crippen LogP) is 1.68. The highest BCUT2D eigenvalue weighted by atomic mass is 16.3. The molecule has 0 heterocycles. The number of aliphatic hydroxyl groups is 1. The minimum Gasteiger partial charge on any atom is -0.391 e. The number of rotatable bonds is 2. The second kappa shape index (κ2) is 3.90. The zero-order valence-corrected chi connectivity index (χ0v) is 8.41. The van der Waals surface area contributed by atoms with Crippen LogP contribution < -0.4 is 5.73 Å². The van der Waals surface area contributed by atoms with Crippen LogP contribution in [0.3, 0.4) is 0 Å². The van der Waals surface area contributed by atoms with Crippen LogP contribution in [-0.4, -0.2) is 11.2 Å². The Hall–Kier alpha value is -0.860. The van der Waals surface area contributed by atoms with Crippen molar-refractivity contribution >= 4 is 0 Å². The van der Waals surface area contributed by atoms with Crippen molar-refractivity contribution in [2.75, 3.05) is 0 Å². The zero-order chi connectivity index (χ0) is 10.0. The van der Waals surface area contributed by atoms with Gasteiger partial charge in [0, 0.05) is 0 Å². The molecule has 0 aliphatic rings. The molecule has 0 bridgehead atoms. The lowest BCUT2D eigenvalue weighted by Crippen LogP contribution is -2.24. The fourth-order valence-electron chi connectivity index (χ4n) is 1.59. The average Bonchev–Trinajstić information content (AvgIpc) is 2.03. The van der Waals surface area contributed by atoms with Gasteiger partial charge in [-0.05, 0) is 37.5 Å². The molecule has 2 nitrogen and oxygen atoms in total. The zero-order valence-electron chi connectivity index (χ0n) is 8.41. The summed E-state index contributed by atoms with van der Waals surface area (Å²) in [7, 11) is 0. The lowest BCUT2D eigenvalue weighted by molar-refractivity contribution is 0.163. The van der Waals surface area contributed by atoms with E-state index in [-0.39, 0.29) is 6.04 Å². The summed E-state index contributed by atoms with van der Waals surface area (Å²) in [6, 6.07) is 5.76. The van der Waals surface area contributed by atoms with Crippen LogP contribution in [0, 0.1) is 13.8 Å². The van der Waals surface area contributed by atoms with Gasteiger partial charge < -0.3 is 10.8 Å². The second-order valence-corrected chi connectivity index (χ2v) is 3.57. The van der Waals surface area contributed by atoms with E-state index in [1.807, 2.05) is 32.0 Å². The first-order valence-electron chi connectivity index (χ1n) is 4.53. The van der Waals surface area contributed by atoms with E-state index in [1.165, 1.54) is 0 Å². The first-order chi connectivity index (χ1) is 6.04. The molecule has 1 rings (SSSR count). The Balaban J connectivity index is 3.12. The molecule has 3 N–H and O–H groups in total. The lowest BCUT2D eigenvalue weighted by atomic mass is 9.94. The van der Waals surface area contributed by atoms with Crippen LogP contribution in [0.5, 0.6) is 0 Å². The molecule has 0 fully saturated rings. The molecule has 2 heteroatoms. The van der Waals surface area contributed by atoms with E-state index in [0.29, 0.717) is 0 Å². The first kappa shape index (κ1) is 10.2. The molecule has 0 aromatic heterocycles. The largest absolute Gasteiger partial charge is 0.391 e. The molecule has 0 saturated carbocycles. The van der Waals surface area contributed by atoms with Crippen LogP contribution >= 0.6 is 0 Å². The van der Waals surface area contributed by atoms with Gasteiger partial charge in [0.2, 0.25) is 0 Å². The molecular weight excluding hydrogens is 162 g/mol. The number of aryl methyl sites for hydroxylation is 2. The third-order valence-electron chi connectivity index (χ3n) is 2.40. The second-order valence-electron chi connectivity index (χ2n) is 3.57. The van der Waals surface area contributed by atoms with Crippen molar-refractivity contribution in [3.63, 3.8) is 0 Å². The van der Waals surface area contributed by atoms with Crippen molar-refractivity contribution in [3.8, 4) is 0 Å². The summed E-state index contributed by atoms with van der Waals surface area (Å²) in [4.78, 5) is 0. The third kappa shape index (κ3) is 2.08.